The van der Waals surface area contributed by atoms with Crippen LogP contribution in [0.15, 0.2) is 0 Å². The van der Waals surface area contributed by atoms with Crippen molar-refractivity contribution in [2.45, 2.75) is 26.4 Å². The molecule has 0 bridgehead atoms. The summed E-state index contributed by atoms with van der Waals surface area (Å²) < 4.78 is 10.1. The Morgan fingerprint density at radius 1 is 1.50 bits per heavy atom. The molecule has 2 heterocycles. The third-order valence-corrected chi connectivity index (χ3v) is 3.39. The Morgan fingerprint density at radius 3 is 2.85 bits per heavy atom. The summed E-state index contributed by atoms with van der Waals surface area (Å²) in [5.74, 6) is -0.410. The van der Waals surface area contributed by atoms with Gasteiger partial charge in [-0.25, -0.2) is 0 Å². The molecule has 1 aliphatic rings. The highest BCUT2D eigenvalue weighted by Gasteiger charge is 2.29. The van der Waals surface area contributed by atoms with Crippen molar-refractivity contribution in [1.29, 1.82) is 0 Å². The third-order valence-electron chi connectivity index (χ3n) is 3.39. The lowest BCUT2D eigenvalue weighted by Crippen LogP contribution is -2.46. The smallest absolute Gasteiger partial charge is 0.308 e. The topological polar surface area (TPSA) is 84.5 Å². The van der Waals surface area contributed by atoms with Crippen molar-refractivity contribution in [3.63, 3.8) is 0 Å². The number of ether oxygens (including phenoxy) is 2. The van der Waals surface area contributed by atoms with Gasteiger partial charge in [0, 0.05) is 18.8 Å². The summed E-state index contributed by atoms with van der Waals surface area (Å²) >= 11 is 0. The highest BCUT2D eigenvalue weighted by molar-refractivity contribution is 5.96. The Bertz CT molecular complexity index is 492. The van der Waals surface area contributed by atoms with E-state index in [4.69, 9.17) is 4.74 Å². The summed E-state index contributed by atoms with van der Waals surface area (Å²) in [4.78, 5) is 25.5. The van der Waals surface area contributed by atoms with E-state index in [1.807, 2.05) is 6.92 Å². The first-order chi connectivity index (χ1) is 9.52. The molecular weight excluding hydrogens is 262 g/mol. The van der Waals surface area contributed by atoms with Gasteiger partial charge in [-0.1, -0.05) is 0 Å². The van der Waals surface area contributed by atoms with Crippen molar-refractivity contribution in [3.05, 3.63) is 17.0 Å². The number of rotatable bonds is 3. The molecule has 0 saturated carbocycles. The van der Waals surface area contributed by atoms with E-state index >= 15 is 0 Å². The molecule has 0 aliphatic carbocycles. The number of morpholine rings is 1. The standard InChI is InChI=1S/C13H19N3O4/c1-8-12(9(2)15-14-8)13(18)16-4-5-20-10(7-16)6-11(17)19-3/h10H,4-7H2,1-3H3,(H,14,15). The van der Waals surface area contributed by atoms with Crippen LogP contribution in [0.25, 0.3) is 0 Å². The van der Waals surface area contributed by atoms with Gasteiger partial charge in [0.15, 0.2) is 0 Å². The van der Waals surface area contributed by atoms with Gasteiger partial charge >= 0.3 is 5.97 Å². The maximum Gasteiger partial charge on any atom is 0.308 e. The fourth-order valence-electron chi connectivity index (χ4n) is 2.32. The van der Waals surface area contributed by atoms with E-state index in [1.165, 1.54) is 7.11 Å². The Hall–Kier alpha value is -1.89. The van der Waals surface area contributed by atoms with Gasteiger partial charge in [0.2, 0.25) is 0 Å². The molecule has 1 saturated heterocycles. The van der Waals surface area contributed by atoms with Crippen molar-refractivity contribution < 1.29 is 19.1 Å². The van der Waals surface area contributed by atoms with E-state index < -0.39 is 0 Å². The largest absolute Gasteiger partial charge is 0.469 e. The molecule has 0 radical (unpaired) electrons. The van der Waals surface area contributed by atoms with E-state index in [0.29, 0.717) is 31.0 Å². The first kappa shape index (κ1) is 14.5. The summed E-state index contributed by atoms with van der Waals surface area (Å²) in [5, 5.41) is 6.84. The molecule has 0 spiro atoms. The quantitative estimate of drug-likeness (QED) is 0.812. The maximum atomic E-state index is 12.5. The van der Waals surface area contributed by atoms with Crippen molar-refractivity contribution in [3.8, 4) is 0 Å². The predicted molar refractivity (Wildman–Crippen MR) is 70.3 cm³/mol. The lowest BCUT2D eigenvalue weighted by molar-refractivity contribution is -0.145. The number of aromatic nitrogens is 2. The zero-order valence-electron chi connectivity index (χ0n) is 11.9. The van der Waals surface area contributed by atoms with Crippen LogP contribution in [0.4, 0.5) is 0 Å². The molecule has 1 amide bonds. The summed E-state index contributed by atoms with van der Waals surface area (Å²) in [7, 11) is 1.34. The molecule has 7 nitrogen and oxygen atoms in total. The molecule has 1 N–H and O–H groups in total. The highest BCUT2D eigenvalue weighted by atomic mass is 16.5. The Morgan fingerprint density at radius 2 is 2.25 bits per heavy atom. The van der Waals surface area contributed by atoms with Gasteiger partial charge in [-0.15, -0.1) is 0 Å². The second-order valence-electron chi connectivity index (χ2n) is 4.83. The number of hydrogen-bond acceptors (Lipinski definition) is 5. The number of esters is 1. The van der Waals surface area contributed by atoms with Crippen molar-refractivity contribution >= 4 is 11.9 Å². The van der Waals surface area contributed by atoms with E-state index in [-0.39, 0.29) is 24.4 Å². The van der Waals surface area contributed by atoms with Gasteiger partial charge in [-0.3, -0.25) is 14.7 Å². The van der Waals surface area contributed by atoms with Crippen LogP contribution in [0.2, 0.25) is 0 Å². The molecule has 110 valence electrons. The predicted octanol–water partition coefficient (Wildman–Crippen LogP) is 0.431. The van der Waals surface area contributed by atoms with Crippen LogP contribution < -0.4 is 0 Å². The molecule has 1 aromatic heterocycles. The molecule has 1 atom stereocenters. The number of amides is 1. The van der Waals surface area contributed by atoms with Crippen molar-refractivity contribution in [2.24, 2.45) is 0 Å². The number of methoxy groups -OCH3 is 1. The molecule has 1 fully saturated rings. The van der Waals surface area contributed by atoms with E-state index in [2.05, 4.69) is 14.9 Å². The second kappa shape index (κ2) is 6.04. The zero-order valence-corrected chi connectivity index (χ0v) is 11.9. The van der Waals surface area contributed by atoms with Gasteiger partial charge < -0.3 is 14.4 Å². The summed E-state index contributed by atoms with van der Waals surface area (Å²) in [6, 6.07) is 0. The van der Waals surface area contributed by atoms with Crippen LogP contribution >= 0.6 is 0 Å². The number of carbonyl (C=O) groups is 2. The first-order valence-corrected chi connectivity index (χ1v) is 6.52. The van der Waals surface area contributed by atoms with Crippen LogP contribution in [-0.4, -0.2) is 59.9 Å². The Balaban J connectivity index is 2.05. The number of nitrogens with one attached hydrogen (secondary N) is 1. The first-order valence-electron chi connectivity index (χ1n) is 6.52. The number of aromatic amines is 1. The van der Waals surface area contributed by atoms with Gasteiger partial charge in [0.05, 0.1) is 37.5 Å². The monoisotopic (exact) mass is 281 g/mol. The van der Waals surface area contributed by atoms with Crippen LogP contribution in [0.1, 0.15) is 28.2 Å². The van der Waals surface area contributed by atoms with E-state index in [9.17, 15) is 9.59 Å². The highest BCUT2D eigenvalue weighted by Crippen LogP contribution is 2.16. The number of hydrogen-bond donors (Lipinski definition) is 1. The fourth-order valence-corrected chi connectivity index (χ4v) is 2.32. The van der Waals surface area contributed by atoms with Crippen LogP contribution in [0, 0.1) is 13.8 Å². The SMILES string of the molecule is COC(=O)CC1CN(C(=O)c2c(C)n[nH]c2C)CCO1. The van der Waals surface area contributed by atoms with Crippen molar-refractivity contribution in [2.75, 3.05) is 26.8 Å². The summed E-state index contributed by atoms with van der Waals surface area (Å²) in [5.41, 5.74) is 2.04. The number of aryl methyl sites for hydroxylation is 2. The van der Waals surface area contributed by atoms with Crippen LogP contribution in [-0.2, 0) is 14.3 Å². The third kappa shape index (κ3) is 2.98. The number of nitrogens with zero attached hydrogens (tertiary/aromatic N) is 2. The minimum Gasteiger partial charge on any atom is -0.469 e. The minimum absolute atomic E-state index is 0.0769. The molecule has 2 rings (SSSR count). The van der Waals surface area contributed by atoms with E-state index in [1.54, 1.807) is 11.8 Å². The molecule has 1 aromatic rings. The molecule has 20 heavy (non-hydrogen) atoms. The van der Waals surface area contributed by atoms with Gasteiger partial charge in [-0.2, -0.15) is 5.10 Å². The molecular formula is C13H19N3O4. The second-order valence-corrected chi connectivity index (χ2v) is 4.83. The lowest BCUT2D eigenvalue weighted by Gasteiger charge is -2.32. The van der Waals surface area contributed by atoms with Crippen LogP contribution in [0.5, 0.6) is 0 Å². The van der Waals surface area contributed by atoms with Crippen molar-refractivity contribution in [1.82, 2.24) is 15.1 Å². The Labute approximate surface area is 117 Å². The number of carbonyl (C=O) groups excluding carboxylic acids is 2. The molecule has 1 unspecified atom stereocenters. The maximum absolute atomic E-state index is 12.5. The molecule has 1 aliphatic heterocycles. The average Bonchev–Trinajstić information content (AvgIpc) is 2.77. The molecule has 0 aromatic carbocycles. The zero-order chi connectivity index (χ0) is 14.7. The van der Waals surface area contributed by atoms with Gasteiger partial charge in [-0.05, 0) is 13.8 Å². The normalized spacial score (nSPS) is 18.9. The van der Waals surface area contributed by atoms with E-state index in [0.717, 1.165) is 5.69 Å². The number of H-pyrrole nitrogens is 1. The fraction of sp³-hybridized carbons (Fsp3) is 0.615. The summed E-state index contributed by atoms with van der Waals surface area (Å²) in [6.45, 7) is 4.94. The Kier molecular flexibility index (Phi) is 4.39. The lowest BCUT2D eigenvalue weighted by atomic mass is 10.1. The average molecular weight is 281 g/mol. The minimum atomic E-state index is -0.333. The summed E-state index contributed by atoms with van der Waals surface area (Å²) in [6.07, 6.45) is -0.156. The van der Waals surface area contributed by atoms with Gasteiger partial charge in [0.1, 0.15) is 0 Å². The molecule has 7 heteroatoms. The van der Waals surface area contributed by atoms with Gasteiger partial charge in [0.25, 0.3) is 5.91 Å². The van der Waals surface area contributed by atoms with Crippen LogP contribution in [0.3, 0.4) is 0 Å².